The first-order valence-corrected chi connectivity index (χ1v) is 11.9. The van der Waals surface area contributed by atoms with Gasteiger partial charge in [0.05, 0.1) is 18.8 Å². The molecule has 0 aliphatic carbocycles. The maximum atomic E-state index is 13.8. The molecule has 0 fully saturated rings. The van der Waals surface area contributed by atoms with E-state index in [0.717, 1.165) is 42.5 Å². The van der Waals surface area contributed by atoms with Gasteiger partial charge in [0.2, 0.25) is 5.88 Å². The van der Waals surface area contributed by atoms with Crippen LogP contribution < -0.4 is 10.1 Å². The molecule has 0 bridgehead atoms. The lowest BCUT2D eigenvalue weighted by atomic mass is 9.99. The Hall–Kier alpha value is -3.86. The minimum atomic E-state index is -0.191. The van der Waals surface area contributed by atoms with Crippen molar-refractivity contribution in [1.82, 2.24) is 15.1 Å². The number of carbonyl (C=O) groups excluding carboxylic acids is 1. The van der Waals surface area contributed by atoms with E-state index in [9.17, 15) is 4.79 Å². The molecule has 0 radical (unpaired) electrons. The monoisotopic (exact) mass is 453 g/mol. The van der Waals surface area contributed by atoms with E-state index in [0.29, 0.717) is 17.1 Å². The Morgan fingerprint density at radius 1 is 0.912 bits per heavy atom. The fourth-order valence-electron chi connectivity index (χ4n) is 4.17. The molecule has 3 aromatic carbocycles. The molecule has 1 amide bonds. The van der Waals surface area contributed by atoms with E-state index in [1.807, 2.05) is 78.9 Å². The molecule has 0 saturated heterocycles. The number of hydrogen-bond donors (Lipinski definition) is 1. The van der Waals surface area contributed by atoms with Crippen molar-refractivity contribution in [2.24, 2.45) is 0 Å². The number of methoxy groups -OCH3 is 1. The zero-order valence-corrected chi connectivity index (χ0v) is 19.8. The second-order valence-electron chi connectivity index (χ2n) is 8.28. The van der Waals surface area contributed by atoms with Crippen LogP contribution in [0, 0.1) is 0 Å². The van der Waals surface area contributed by atoms with Crippen molar-refractivity contribution in [3.63, 3.8) is 0 Å². The third-order valence-electron chi connectivity index (χ3n) is 5.92. The summed E-state index contributed by atoms with van der Waals surface area (Å²) in [5.41, 5.74) is 3.83. The van der Waals surface area contributed by atoms with Crippen LogP contribution in [-0.2, 0) is 0 Å². The molecule has 34 heavy (non-hydrogen) atoms. The van der Waals surface area contributed by atoms with E-state index in [1.165, 1.54) is 0 Å². The molecule has 5 heteroatoms. The van der Waals surface area contributed by atoms with Crippen molar-refractivity contribution in [1.29, 1.82) is 0 Å². The number of nitrogens with zero attached hydrogens (tertiary/aromatic N) is 2. The van der Waals surface area contributed by atoms with E-state index in [4.69, 9.17) is 9.84 Å². The summed E-state index contributed by atoms with van der Waals surface area (Å²) >= 11 is 0. The van der Waals surface area contributed by atoms with Gasteiger partial charge in [-0.05, 0) is 24.1 Å². The van der Waals surface area contributed by atoms with Crippen molar-refractivity contribution >= 4 is 5.91 Å². The van der Waals surface area contributed by atoms with Gasteiger partial charge in [0.25, 0.3) is 5.91 Å². The van der Waals surface area contributed by atoms with Crippen molar-refractivity contribution in [2.45, 2.75) is 38.6 Å². The number of aromatic nitrogens is 2. The Bertz CT molecular complexity index is 1190. The van der Waals surface area contributed by atoms with Crippen LogP contribution in [0.1, 0.15) is 54.6 Å². The van der Waals surface area contributed by atoms with Crippen molar-refractivity contribution in [3.8, 4) is 22.8 Å². The van der Waals surface area contributed by atoms with E-state index in [2.05, 4.69) is 24.4 Å². The molecule has 1 unspecified atom stereocenters. The summed E-state index contributed by atoms with van der Waals surface area (Å²) in [6.07, 6.45) is 4.18. The van der Waals surface area contributed by atoms with E-state index in [-0.39, 0.29) is 11.9 Å². The summed E-state index contributed by atoms with van der Waals surface area (Å²) in [5, 5.41) is 8.11. The largest absolute Gasteiger partial charge is 0.480 e. The Kier molecular flexibility index (Phi) is 7.76. The van der Waals surface area contributed by atoms with Crippen LogP contribution in [0.5, 0.6) is 5.88 Å². The number of ether oxygens (including phenoxy) is 1. The summed E-state index contributed by atoms with van der Waals surface area (Å²) in [7, 11) is 1.58. The average molecular weight is 454 g/mol. The highest BCUT2D eigenvalue weighted by Gasteiger charge is 2.28. The van der Waals surface area contributed by atoms with Crippen LogP contribution in [0.15, 0.2) is 91.0 Å². The molecular formula is C29H31N3O2. The van der Waals surface area contributed by atoms with Crippen LogP contribution >= 0.6 is 0 Å². The average Bonchev–Trinajstić information content (AvgIpc) is 3.29. The van der Waals surface area contributed by atoms with Crippen LogP contribution in [0.2, 0.25) is 0 Å². The first kappa shape index (κ1) is 23.3. The number of para-hydroxylation sites is 1. The number of nitrogens with one attached hydrogen (secondary N) is 1. The molecular weight excluding hydrogens is 422 g/mol. The molecule has 0 aliphatic rings. The van der Waals surface area contributed by atoms with E-state index < -0.39 is 0 Å². The molecule has 1 atom stereocenters. The van der Waals surface area contributed by atoms with Gasteiger partial charge in [0.1, 0.15) is 11.3 Å². The molecule has 4 rings (SSSR count). The van der Waals surface area contributed by atoms with E-state index >= 15 is 0 Å². The lowest BCUT2D eigenvalue weighted by molar-refractivity contribution is 0.0931. The third-order valence-corrected chi connectivity index (χ3v) is 5.92. The van der Waals surface area contributed by atoms with Gasteiger partial charge < -0.3 is 10.1 Å². The number of benzene rings is 3. The highest BCUT2D eigenvalue weighted by atomic mass is 16.5. The van der Waals surface area contributed by atoms with Crippen LogP contribution in [-0.4, -0.2) is 22.8 Å². The van der Waals surface area contributed by atoms with Crippen molar-refractivity contribution in [2.75, 3.05) is 7.11 Å². The predicted molar refractivity (Wildman–Crippen MR) is 136 cm³/mol. The standard InChI is InChI=1S/C29H31N3O2/c1-3-4-8-21-25(22-15-9-5-10-16-22)30-28(33)26-27(23-17-11-6-12-18-23)31-32(29(26)34-2)24-19-13-7-14-20-24/h5-7,9-20,25H,3-4,8,21H2,1-2H3,(H,30,33). The minimum Gasteiger partial charge on any atom is -0.480 e. The summed E-state index contributed by atoms with van der Waals surface area (Å²) in [4.78, 5) is 13.8. The van der Waals surface area contributed by atoms with Crippen molar-refractivity contribution in [3.05, 3.63) is 102 Å². The lowest BCUT2D eigenvalue weighted by Crippen LogP contribution is -2.29. The molecule has 0 spiro atoms. The summed E-state index contributed by atoms with van der Waals surface area (Å²) < 4.78 is 7.48. The van der Waals surface area contributed by atoms with Gasteiger partial charge in [0.15, 0.2) is 0 Å². The summed E-state index contributed by atoms with van der Waals surface area (Å²) in [6.45, 7) is 2.19. The smallest absolute Gasteiger partial charge is 0.259 e. The van der Waals surface area contributed by atoms with Gasteiger partial charge in [-0.1, -0.05) is 105 Å². The number of carbonyl (C=O) groups is 1. The maximum absolute atomic E-state index is 13.8. The SMILES string of the molecule is CCCCCC(NC(=O)c1c(-c2ccccc2)nn(-c2ccccc2)c1OC)c1ccccc1. The Balaban J connectivity index is 1.76. The fraction of sp³-hybridized carbons (Fsp3) is 0.241. The topological polar surface area (TPSA) is 56.2 Å². The van der Waals surface area contributed by atoms with Gasteiger partial charge >= 0.3 is 0 Å². The fourth-order valence-corrected chi connectivity index (χ4v) is 4.17. The second-order valence-corrected chi connectivity index (χ2v) is 8.28. The lowest BCUT2D eigenvalue weighted by Gasteiger charge is -2.20. The van der Waals surface area contributed by atoms with Gasteiger partial charge in [-0.15, -0.1) is 0 Å². The van der Waals surface area contributed by atoms with Gasteiger partial charge in [0, 0.05) is 5.56 Å². The number of hydrogen-bond acceptors (Lipinski definition) is 3. The highest BCUT2D eigenvalue weighted by molar-refractivity contribution is 6.02. The quantitative estimate of drug-likeness (QED) is 0.275. The van der Waals surface area contributed by atoms with Crippen LogP contribution in [0.25, 0.3) is 16.9 Å². The zero-order chi connectivity index (χ0) is 23.8. The Labute approximate surface area is 201 Å². The molecule has 1 N–H and O–H groups in total. The summed E-state index contributed by atoms with van der Waals surface area (Å²) in [6, 6.07) is 29.6. The first-order chi connectivity index (χ1) is 16.7. The number of rotatable bonds is 10. The third kappa shape index (κ3) is 5.20. The normalized spacial score (nSPS) is 11.7. The number of unbranched alkanes of at least 4 members (excludes halogenated alkanes) is 2. The Morgan fingerprint density at radius 3 is 2.15 bits per heavy atom. The first-order valence-electron chi connectivity index (χ1n) is 11.9. The highest BCUT2D eigenvalue weighted by Crippen LogP contribution is 2.33. The second kappa shape index (κ2) is 11.3. The zero-order valence-electron chi connectivity index (χ0n) is 19.8. The van der Waals surface area contributed by atoms with Crippen molar-refractivity contribution < 1.29 is 9.53 Å². The molecule has 4 aromatic rings. The number of amides is 1. The minimum absolute atomic E-state index is 0.0892. The van der Waals surface area contributed by atoms with Gasteiger partial charge in [-0.3, -0.25) is 4.79 Å². The molecule has 0 saturated carbocycles. The molecule has 1 heterocycles. The Morgan fingerprint density at radius 2 is 1.53 bits per heavy atom. The van der Waals surface area contributed by atoms with Crippen LogP contribution in [0.3, 0.4) is 0 Å². The van der Waals surface area contributed by atoms with Gasteiger partial charge in [-0.25, -0.2) is 0 Å². The maximum Gasteiger partial charge on any atom is 0.259 e. The summed E-state index contributed by atoms with van der Waals surface area (Å²) in [5.74, 6) is 0.228. The molecule has 0 aliphatic heterocycles. The molecule has 1 aromatic heterocycles. The predicted octanol–water partition coefficient (Wildman–Crippen LogP) is 6.60. The molecule has 5 nitrogen and oxygen atoms in total. The van der Waals surface area contributed by atoms with E-state index in [1.54, 1.807) is 11.8 Å². The van der Waals surface area contributed by atoms with Crippen LogP contribution in [0.4, 0.5) is 0 Å². The molecule has 174 valence electrons. The van der Waals surface area contributed by atoms with Gasteiger partial charge in [-0.2, -0.15) is 9.78 Å².